The fourth-order valence-corrected chi connectivity index (χ4v) is 2.29. The number of aromatic nitrogens is 1. The zero-order chi connectivity index (χ0) is 15.0. The van der Waals surface area contributed by atoms with Crippen LogP contribution >= 0.6 is 0 Å². The molecule has 0 saturated carbocycles. The summed E-state index contributed by atoms with van der Waals surface area (Å²) in [6.07, 6.45) is -3.60. The zero-order valence-corrected chi connectivity index (χ0v) is 11.1. The van der Waals surface area contributed by atoms with Gasteiger partial charge in [0.2, 0.25) is 5.90 Å². The van der Waals surface area contributed by atoms with Crippen molar-refractivity contribution in [1.29, 1.82) is 0 Å². The minimum Gasteiger partial charge on any atom is -0.468 e. The summed E-state index contributed by atoms with van der Waals surface area (Å²) >= 11 is 0. The third-order valence-electron chi connectivity index (χ3n) is 3.19. The number of hydrogen-bond donors (Lipinski definition) is 0. The average molecular weight is 292 g/mol. The molecule has 1 aliphatic heterocycles. The van der Waals surface area contributed by atoms with Gasteiger partial charge in [0.25, 0.3) is 0 Å². The number of rotatable bonds is 1. The summed E-state index contributed by atoms with van der Waals surface area (Å²) in [5.74, 6) is 0.231. The minimum atomic E-state index is -4.43. The number of ether oxygens (including phenoxy) is 1. The Bertz CT molecular complexity index is 696. The van der Waals surface area contributed by atoms with Crippen molar-refractivity contribution in [3.8, 4) is 0 Å². The van der Waals surface area contributed by atoms with E-state index in [0.29, 0.717) is 5.69 Å². The van der Waals surface area contributed by atoms with Crippen LogP contribution in [0.2, 0.25) is 0 Å². The predicted octanol–water partition coefficient (Wildman–Crippen LogP) is 4.27. The second-order valence-electron chi connectivity index (χ2n) is 4.63. The lowest BCUT2D eigenvalue weighted by Gasteiger charge is -2.25. The summed E-state index contributed by atoms with van der Waals surface area (Å²) in [7, 11) is 0. The Hall–Kier alpha value is -2.37. The molecular formula is C15H11F3N2O. The Balaban J connectivity index is 2.13. The van der Waals surface area contributed by atoms with Crippen molar-refractivity contribution in [3.05, 3.63) is 59.4 Å². The average Bonchev–Trinajstić information content (AvgIpc) is 2.46. The lowest BCUT2D eigenvalue weighted by molar-refractivity contribution is -0.139. The van der Waals surface area contributed by atoms with Crippen LogP contribution in [0.3, 0.4) is 0 Å². The molecule has 0 N–H and O–H groups in total. The summed E-state index contributed by atoms with van der Waals surface area (Å²) in [6, 6.07) is 9.14. The van der Waals surface area contributed by atoms with Gasteiger partial charge >= 0.3 is 6.18 Å². The number of benzene rings is 1. The number of fused-ring (bicyclic) bond motifs is 1. The van der Waals surface area contributed by atoms with Crippen LogP contribution < -0.4 is 0 Å². The summed E-state index contributed by atoms with van der Waals surface area (Å²) in [6.45, 7) is 1.58. The summed E-state index contributed by atoms with van der Waals surface area (Å²) < 4.78 is 44.7. The maximum Gasteiger partial charge on any atom is 0.416 e. The summed E-state index contributed by atoms with van der Waals surface area (Å²) in [4.78, 5) is 8.28. The maximum absolute atomic E-state index is 13.1. The first-order chi connectivity index (χ1) is 9.97. The monoisotopic (exact) mass is 292 g/mol. The molecule has 1 aliphatic rings. The van der Waals surface area contributed by atoms with Crippen LogP contribution in [-0.2, 0) is 10.9 Å². The molecule has 1 unspecified atom stereocenters. The molecule has 2 aromatic rings. The quantitative estimate of drug-likeness (QED) is 0.786. The molecular weight excluding hydrogens is 281 g/mol. The number of alkyl halides is 3. The highest BCUT2D eigenvalue weighted by molar-refractivity contribution is 5.95. The molecule has 3 nitrogen and oxygen atoms in total. The smallest absolute Gasteiger partial charge is 0.416 e. The van der Waals surface area contributed by atoms with Gasteiger partial charge in [-0.15, -0.1) is 0 Å². The summed E-state index contributed by atoms with van der Waals surface area (Å²) in [5, 5.41) is 0. The molecule has 0 bridgehead atoms. The Morgan fingerprint density at radius 2 is 1.90 bits per heavy atom. The van der Waals surface area contributed by atoms with E-state index in [9.17, 15) is 13.2 Å². The molecule has 3 rings (SSSR count). The SMILES string of the molecule is CC1OC(c2ccccn2)=Nc2cccc(C(F)(F)F)c21. The topological polar surface area (TPSA) is 34.5 Å². The van der Waals surface area contributed by atoms with E-state index in [1.165, 1.54) is 6.07 Å². The number of hydrogen-bond acceptors (Lipinski definition) is 3. The third-order valence-corrected chi connectivity index (χ3v) is 3.19. The van der Waals surface area contributed by atoms with Crippen molar-refractivity contribution in [2.45, 2.75) is 19.2 Å². The molecule has 21 heavy (non-hydrogen) atoms. The molecule has 0 fully saturated rings. The first-order valence-corrected chi connectivity index (χ1v) is 6.33. The minimum absolute atomic E-state index is 0.0599. The zero-order valence-electron chi connectivity index (χ0n) is 11.1. The second kappa shape index (κ2) is 4.87. The molecule has 6 heteroatoms. The Morgan fingerprint density at radius 1 is 1.10 bits per heavy atom. The maximum atomic E-state index is 13.1. The van der Waals surface area contributed by atoms with Crippen molar-refractivity contribution < 1.29 is 17.9 Å². The number of halogens is 3. The van der Waals surface area contributed by atoms with E-state index in [0.717, 1.165) is 6.07 Å². The van der Waals surface area contributed by atoms with Gasteiger partial charge in [0.15, 0.2) is 0 Å². The van der Waals surface area contributed by atoms with Crippen LogP contribution in [0, 0.1) is 0 Å². The van der Waals surface area contributed by atoms with E-state index >= 15 is 0 Å². The Kier molecular flexibility index (Phi) is 3.16. The second-order valence-corrected chi connectivity index (χ2v) is 4.63. The third kappa shape index (κ3) is 2.49. The van der Waals surface area contributed by atoms with E-state index in [1.54, 1.807) is 37.4 Å². The fraction of sp³-hybridized carbons (Fsp3) is 0.200. The summed E-state index contributed by atoms with van der Waals surface area (Å²) in [5.41, 5.74) is 0.109. The van der Waals surface area contributed by atoms with E-state index in [4.69, 9.17) is 4.74 Å². The molecule has 0 amide bonds. The molecule has 2 heterocycles. The highest BCUT2D eigenvalue weighted by Crippen LogP contribution is 2.42. The lowest BCUT2D eigenvalue weighted by Crippen LogP contribution is -2.20. The van der Waals surface area contributed by atoms with E-state index in [-0.39, 0.29) is 17.1 Å². The van der Waals surface area contributed by atoms with Gasteiger partial charge in [0.05, 0.1) is 11.3 Å². The standard InChI is InChI=1S/C15H11F3N2O/c1-9-13-10(15(16,17)18)5-4-7-11(13)20-14(21-9)12-6-2-3-8-19-12/h2-9H,1H3. The lowest BCUT2D eigenvalue weighted by atomic mass is 9.99. The first-order valence-electron chi connectivity index (χ1n) is 6.33. The molecule has 1 aromatic heterocycles. The molecule has 0 spiro atoms. The van der Waals surface area contributed by atoms with E-state index < -0.39 is 17.8 Å². The van der Waals surface area contributed by atoms with E-state index in [1.807, 2.05) is 0 Å². The normalized spacial score (nSPS) is 17.7. The van der Waals surface area contributed by atoms with Gasteiger partial charge in [-0.3, -0.25) is 4.98 Å². The van der Waals surface area contributed by atoms with Crippen LogP contribution in [0.5, 0.6) is 0 Å². The number of pyridine rings is 1. The van der Waals surface area contributed by atoms with Crippen LogP contribution in [0.25, 0.3) is 0 Å². The molecule has 1 aromatic carbocycles. The van der Waals surface area contributed by atoms with Gasteiger partial charge in [-0.05, 0) is 31.2 Å². The van der Waals surface area contributed by atoms with Crippen LogP contribution in [0.15, 0.2) is 47.6 Å². The van der Waals surface area contributed by atoms with Crippen LogP contribution in [0.4, 0.5) is 18.9 Å². The van der Waals surface area contributed by atoms with Gasteiger partial charge in [-0.25, -0.2) is 4.99 Å². The predicted molar refractivity (Wildman–Crippen MR) is 71.4 cm³/mol. The van der Waals surface area contributed by atoms with Gasteiger partial charge in [0, 0.05) is 11.8 Å². The van der Waals surface area contributed by atoms with Gasteiger partial charge in [0.1, 0.15) is 11.8 Å². The van der Waals surface area contributed by atoms with Crippen molar-refractivity contribution >= 4 is 11.6 Å². The Labute approximate surface area is 119 Å². The van der Waals surface area contributed by atoms with Crippen LogP contribution in [0.1, 0.15) is 29.8 Å². The molecule has 0 radical (unpaired) electrons. The first kappa shape index (κ1) is 13.6. The van der Waals surface area contributed by atoms with Crippen molar-refractivity contribution in [3.63, 3.8) is 0 Å². The Morgan fingerprint density at radius 3 is 2.57 bits per heavy atom. The number of nitrogens with zero attached hydrogens (tertiary/aromatic N) is 2. The highest BCUT2D eigenvalue weighted by Gasteiger charge is 2.37. The molecule has 0 aliphatic carbocycles. The van der Waals surface area contributed by atoms with Crippen molar-refractivity contribution in [2.75, 3.05) is 0 Å². The molecule has 108 valence electrons. The van der Waals surface area contributed by atoms with Crippen LogP contribution in [-0.4, -0.2) is 10.9 Å². The van der Waals surface area contributed by atoms with Gasteiger partial charge < -0.3 is 4.74 Å². The van der Waals surface area contributed by atoms with Gasteiger partial charge in [-0.2, -0.15) is 13.2 Å². The molecule has 0 saturated heterocycles. The highest BCUT2D eigenvalue weighted by atomic mass is 19.4. The largest absolute Gasteiger partial charge is 0.468 e. The number of aliphatic imine (C=N–C) groups is 1. The van der Waals surface area contributed by atoms with Crippen molar-refractivity contribution in [1.82, 2.24) is 4.98 Å². The fourth-order valence-electron chi connectivity index (χ4n) is 2.29. The molecule has 1 atom stereocenters. The van der Waals surface area contributed by atoms with E-state index in [2.05, 4.69) is 9.98 Å². The van der Waals surface area contributed by atoms with Gasteiger partial charge in [-0.1, -0.05) is 12.1 Å². The van der Waals surface area contributed by atoms with Crippen molar-refractivity contribution in [2.24, 2.45) is 4.99 Å².